The fourth-order valence-corrected chi connectivity index (χ4v) is 3.15. The Kier molecular flexibility index (Phi) is 4.82. The highest BCUT2D eigenvalue weighted by Gasteiger charge is 2.17. The van der Waals surface area contributed by atoms with E-state index in [-0.39, 0.29) is 6.61 Å². The summed E-state index contributed by atoms with van der Waals surface area (Å²) in [6, 6.07) is -0.559. The van der Waals surface area contributed by atoms with E-state index in [9.17, 15) is 0 Å². The molecule has 3 N–H and O–H groups in total. The van der Waals surface area contributed by atoms with Gasteiger partial charge in [0.2, 0.25) is 5.89 Å². The highest BCUT2D eigenvalue weighted by molar-refractivity contribution is 7.99. The van der Waals surface area contributed by atoms with Gasteiger partial charge in [-0.1, -0.05) is 24.4 Å². The smallest absolute Gasteiger partial charge is 0.245 e. The third-order valence-electron chi connectivity index (χ3n) is 3.00. The molecule has 6 heteroatoms. The van der Waals surface area contributed by atoms with Crippen molar-refractivity contribution in [2.24, 2.45) is 5.73 Å². The summed E-state index contributed by atoms with van der Waals surface area (Å²) in [6.45, 7) is -0.169. The monoisotopic (exact) mass is 257 g/mol. The van der Waals surface area contributed by atoms with Crippen LogP contribution in [0.2, 0.25) is 0 Å². The zero-order valence-electron chi connectivity index (χ0n) is 9.84. The van der Waals surface area contributed by atoms with Crippen molar-refractivity contribution >= 4 is 11.8 Å². The van der Waals surface area contributed by atoms with Crippen LogP contribution in [0, 0.1) is 0 Å². The van der Waals surface area contributed by atoms with E-state index in [1.807, 2.05) is 11.8 Å². The number of nitrogens with two attached hydrogens (primary N) is 1. The molecule has 5 nitrogen and oxygen atoms in total. The SMILES string of the molecule is N[C@H](CO)c1nc(CSC2CCCCC2)no1. The van der Waals surface area contributed by atoms with Crippen molar-refractivity contribution in [3.63, 3.8) is 0 Å². The molecule has 0 spiro atoms. The molecule has 0 aromatic carbocycles. The molecule has 0 saturated heterocycles. The first-order chi connectivity index (χ1) is 8.29. The molecule has 0 amide bonds. The third-order valence-corrected chi connectivity index (χ3v) is 4.37. The topological polar surface area (TPSA) is 85.2 Å². The Morgan fingerprint density at radius 3 is 2.88 bits per heavy atom. The fourth-order valence-electron chi connectivity index (χ4n) is 1.98. The second-order valence-corrected chi connectivity index (χ2v) is 5.70. The summed E-state index contributed by atoms with van der Waals surface area (Å²) in [7, 11) is 0. The van der Waals surface area contributed by atoms with Crippen LogP contribution in [-0.4, -0.2) is 27.1 Å². The summed E-state index contributed by atoms with van der Waals surface area (Å²) in [5, 5.41) is 13.5. The van der Waals surface area contributed by atoms with Gasteiger partial charge in [-0.15, -0.1) is 0 Å². The molecule has 1 aliphatic carbocycles. The lowest BCUT2D eigenvalue weighted by Crippen LogP contribution is -2.14. The number of hydrogen-bond donors (Lipinski definition) is 2. The van der Waals surface area contributed by atoms with Crippen LogP contribution in [0.4, 0.5) is 0 Å². The highest BCUT2D eigenvalue weighted by atomic mass is 32.2. The van der Waals surface area contributed by atoms with Crippen molar-refractivity contribution in [2.75, 3.05) is 6.61 Å². The zero-order valence-corrected chi connectivity index (χ0v) is 10.7. The molecule has 1 fully saturated rings. The minimum absolute atomic E-state index is 0.169. The first-order valence-corrected chi connectivity index (χ1v) is 7.15. The quantitative estimate of drug-likeness (QED) is 0.834. The van der Waals surface area contributed by atoms with E-state index in [1.54, 1.807) is 0 Å². The van der Waals surface area contributed by atoms with Gasteiger partial charge in [-0.2, -0.15) is 16.7 Å². The number of thioether (sulfide) groups is 1. The van der Waals surface area contributed by atoms with Crippen molar-refractivity contribution in [3.8, 4) is 0 Å². The minimum atomic E-state index is -0.559. The molecule has 1 aliphatic rings. The molecule has 1 saturated carbocycles. The summed E-state index contributed by atoms with van der Waals surface area (Å²) in [4.78, 5) is 4.18. The Balaban J connectivity index is 1.80. The standard InChI is InChI=1S/C11H19N3O2S/c12-9(6-15)11-13-10(14-16-11)7-17-8-4-2-1-3-5-8/h8-9,15H,1-7,12H2/t9-/m1/s1. The Morgan fingerprint density at radius 1 is 1.41 bits per heavy atom. The van der Waals surface area contributed by atoms with E-state index in [4.69, 9.17) is 15.4 Å². The van der Waals surface area contributed by atoms with Crippen molar-refractivity contribution in [3.05, 3.63) is 11.7 Å². The maximum Gasteiger partial charge on any atom is 0.245 e. The second-order valence-electron chi connectivity index (χ2n) is 4.41. The van der Waals surface area contributed by atoms with Crippen LogP contribution in [0.15, 0.2) is 4.52 Å². The molecule has 0 bridgehead atoms. The van der Waals surface area contributed by atoms with E-state index >= 15 is 0 Å². The summed E-state index contributed by atoms with van der Waals surface area (Å²) >= 11 is 1.89. The molecule has 1 aromatic heterocycles. The van der Waals surface area contributed by atoms with Crippen LogP contribution in [0.5, 0.6) is 0 Å². The van der Waals surface area contributed by atoms with E-state index in [1.165, 1.54) is 32.1 Å². The van der Waals surface area contributed by atoms with E-state index in [0.29, 0.717) is 11.7 Å². The third kappa shape index (κ3) is 3.69. The average Bonchev–Trinajstić information content (AvgIpc) is 2.85. The van der Waals surface area contributed by atoms with Gasteiger partial charge in [-0.25, -0.2) is 0 Å². The summed E-state index contributed by atoms with van der Waals surface area (Å²) in [5.41, 5.74) is 5.59. The molecule has 17 heavy (non-hydrogen) atoms. The van der Waals surface area contributed by atoms with Crippen LogP contribution in [0.1, 0.15) is 49.9 Å². The van der Waals surface area contributed by atoms with Gasteiger partial charge in [0.1, 0.15) is 6.04 Å². The number of nitrogens with zero attached hydrogens (tertiary/aromatic N) is 2. The maximum absolute atomic E-state index is 8.87. The molecule has 96 valence electrons. The fraction of sp³-hybridized carbons (Fsp3) is 0.818. The maximum atomic E-state index is 8.87. The number of hydrogen-bond acceptors (Lipinski definition) is 6. The molecule has 0 aliphatic heterocycles. The predicted octanol–water partition coefficient (Wildman–Crippen LogP) is 1.63. The largest absolute Gasteiger partial charge is 0.394 e. The Bertz CT molecular complexity index is 339. The van der Waals surface area contributed by atoms with E-state index in [2.05, 4.69) is 10.1 Å². The Labute approximate surface area is 105 Å². The second kappa shape index (κ2) is 6.37. The lowest BCUT2D eigenvalue weighted by Gasteiger charge is -2.19. The molecule has 1 aromatic rings. The van der Waals surface area contributed by atoms with E-state index < -0.39 is 6.04 Å². The lowest BCUT2D eigenvalue weighted by molar-refractivity contribution is 0.236. The molecule has 0 radical (unpaired) electrons. The zero-order chi connectivity index (χ0) is 12.1. The highest BCUT2D eigenvalue weighted by Crippen LogP contribution is 2.29. The first-order valence-electron chi connectivity index (χ1n) is 6.10. The van der Waals surface area contributed by atoms with Crippen molar-refractivity contribution in [2.45, 2.75) is 49.1 Å². The van der Waals surface area contributed by atoms with Crippen LogP contribution in [0.3, 0.4) is 0 Å². The number of aliphatic hydroxyl groups excluding tert-OH is 1. The van der Waals surface area contributed by atoms with Gasteiger partial charge in [0, 0.05) is 5.25 Å². The average molecular weight is 257 g/mol. The van der Waals surface area contributed by atoms with Crippen LogP contribution in [-0.2, 0) is 5.75 Å². The minimum Gasteiger partial charge on any atom is -0.394 e. The van der Waals surface area contributed by atoms with Gasteiger partial charge in [0.25, 0.3) is 0 Å². The molecular weight excluding hydrogens is 238 g/mol. The number of rotatable bonds is 5. The Hall–Kier alpha value is -0.590. The number of aromatic nitrogens is 2. The number of aliphatic hydroxyl groups is 1. The van der Waals surface area contributed by atoms with Gasteiger partial charge in [-0.3, -0.25) is 0 Å². The van der Waals surface area contributed by atoms with Crippen LogP contribution < -0.4 is 5.73 Å². The van der Waals surface area contributed by atoms with Crippen LogP contribution >= 0.6 is 11.8 Å². The molecular formula is C11H19N3O2S. The normalized spacial score (nSPS) is 19.4. The molecule has 0 unspecified atom stereocenters. The first kappa shape index (κ1) is 12.9. The van der Waals surface area contributed by atoms with E-state index in [0.717, 1.165) is 11.0 Å². The van der Waals surface area contributed by atoms with Gasteiger partial charge in [0.15, 0.2) is 5.82 Å². The van der Waals surface area contributed by atoms with Gasteiger partial charge >= 0.3 is 0 Å². The Morgan fingerprint density at radius 2 is 2.18 bits per heavy atom. The van der Waals surface area contributed by atoms with Crippen molar-refractivity contribution in [1.29, 1.82) is 0 Å². The molecule has 1 atom stereocenters. The van der Waals surface area contributed by atoms with Gasteiger partial charge in [-0.05, 0) is 12.8 Å². The molecule has 2 rings (SSSR count). The summed E-state index contributed by atoms with van der Waals surface area (Å²) < 4.78 is 5.00. The molecule has 1 heterocycles. The summed E-state index contributed by atoms with van der Waals surface area (Å²) in [5.74, 6) is 1.78. The lowest BCUT2D eigenvalue weighted by atomic mass is 10.0. The van der Waals surface area contributed by atoms with Gasteiger partial charge < -0.3 is 15.4 Å². The van der Waals surface area contributed by atoms with Crippen molar-refractivity contribution < 1.29 is 9.63 Å². The van der Waals surface area contributed by atoms with Crippen molar-refractivity contribution in [1.82, 2.24) is 10.1 Å². The summed E-state index contributed by atoms with van der Waals surface area (Å²) in [6.07, 6.45) is 6.64. The predicted molar refractivity (Wildman–Crippen MR) is 66.5 cm³/mol. The van der Waals surface area contributed by atoms with Gasteiger partial charge in [0.05, 0.1) is 12.4 Å². The van der Waals surface area contributed by atoms with Crippen LogP contribution in [0.25, 0.3) is 0 Å².